The van der Waals surface area contributed by atoms with Gasteiger partial charge in [-0.25, -0.2) is 4.39 Å². The van der Waals surface area contributed by atoms with Crippen molar-refractivity contribution in [2.75, 3.05) is 0 Å². The van der Waals surface area contributed by atoms with Gasteiger partial charge in [0.15, 0.2) is 9.58 Å². The van der Waals surface area contributed by atoms with Crippen LogP contribution >= 0.6 is 10.5 Å². The summed E-state index contributed by atoms with van der Waals surface area (Å²) < 4.78 is 90.6. The van der Waals surface area contributed by atoms with Crippen LogP contribution in [0.15, 0.2) is 24.3 Å². The van der Waals surface area contributed by atoms with E-state index in [4.69, 9.17) is 0 Å². The Hall–Kier alpha value is -1.32. The van der Waals surface area contributed by atoms with E-state index in [1.165, 1.54) is 18.2 Å². The number of hydrogen-bond donors (Lipinski definition) is 0. The van der Waals surface area contributed by atoms with Gasteiger partial charge in [0.1, 0.15) is 5.82 Å². The van der Waals surface area contributed by atoms with Gasteiger partial charge in [-0.3, -0.25) is 0 Å². The van der Waals surface area contributed by atoms with E-state index in [1.54, 1.807) is 6.92 Å². The fourth-order valence-electron chi connectivity index (χ4n) is 1.70. The molecule has 0 saturated carbocycles. The van der Waals surface area contributed by atoms with Crippen molar-refractivity contribution in [3.05, 3.63) is 35.0 Å². The highest BCUT2D eigenvalue weighted by Gasteiger charge is 2.47. The van der Waals surface area contributed by atoms with Gasteiger partial charge in [0.2, 0.25) is 0 Å². The molecule has 1 atom stereocenters. The lowest BCUT2D eigenvalue weighted by Crippen LogP contribution is -2.02. The quantitative estimate of drug-likeness (QED) is 0.337. The molecule has 0 amide bonds. The topological polar surface area (TPSA) is 0 Å². The Labute approximate surface area is 117 Å². The van der Waals surface area contributed by atoms with Crippen LogP contribution in [-0.4, -0.2) is 7.25 Å². The lowest BCUT2D eigenvalue weighted by Gasteiger charge is -1.98. The highest BCUT2D eigenvalue weighted by atomic mass is 32.2. The van der Waals surface area contributed by atoms with Crippen molar-refractivity contribution < 1.29 is 34.8 Å². The first-order valence-electron chi connectivity index (χ1n) is 5.62. The Morgan fingerprint density at radius 1 is 1.05 bits per heavy atom. The molecule has 1 aromatic heterocycles. The van der Waals surface area contributed by atoms with Crippen LogP contribution in [0.2, 0.25) is 0 Å². The van der Waals surface area contributed by atoms with Gasteiger partial charge in [-0.1, -0.05) is 6.92 Å². The number of benzene rings is 1. The maximum Gasteiger partial charge on any atom is 0.673 e. The second-order valence-electron chi connectivity index (χ2n) is 3.89. The molecule has 2 aromatic rings. The lowest BCUT2D eigenvalue weighted by molar-refractivity contribution is -0.0867. The predicted octanol–water partition coefficient (Wildman–Crippen LogP) is 6.07. The molecular formula is C11H9BF8S. The zero-order valence-corrected chi connectivity index (χ0v) is 11.3. The molecule has 10 heteroatoms. The number of hydrogen-bond acceptors (Lipinski definition) is 0. The third-order valence-electron chi connectivity index (χ3n) is 2.35. The molecular weight excluding hydrogens is 327 g/mol. The summed E-state index contributed by atoms with van der Waals surface area (Å²) in [4.78, 5) is 0.327. The second-order valence-corrected chi connectivity index (χ2v) is 5.93. The highest BCUT2D eigenvalue weighted by molar-refractivity contribution is 7.38. The first-order valence-corrected chi connectivity index (χ1v) is 6.84. The third kappa shape index (κ3) is 5.18. The molecule has 0 N–H and O–H groups in total. The zero-order chi connectivity index (χ0) is 16.4. The van der Waals surface area contributed by atoms with Gasteiger partial charge in [-0.2, -0.15) is 0 Å². The average Bonchev–Trinajstić information content (AvgIpc) is 2.63. The van der Waals surface area contributed by atoms with Crippen LogP contribution in [-0.2, 0) is 11.9 Å². The average molecular weight is 336 g/mol. The minimum absolute atomic E-state index is 0.0596. The summed E-state index contributed by atoms with van der Waals surface area (Å²) in [5.41, 5.74) is -4.32. The minimum atomic E-state index is -6.00. The molecule has 0 aliphatic rings. The first kappa shape index (κ1) is 17.7. The molecule has 21 heavy (non-hydrogen) atoms. The van der Waals surface area contributed by atoms with Crippen molar-refractivity contribution in [1.82, 2.24) is 0 Å². The zero-order valence-electron chi connectivity index (χ0n) is 10.5. The smallest absolute Gasteiger partial charge is 0.418 e. The van der Waals surface area contributed by atoms with E-state index >= 15 is 0 Å². The molecule has 0 nitrogen and oxygen atoms in total. The predicted molar refractivity (Wildman–Crippen MR) is 67.2 cm³/mol. The second kappa shape index (κ2) is 6.21. The van der Waals surface area contributed by atoms with Crippen LogP contribution in [0.1, 0.15) is 11.8 Å². The number of halogens is 8. The molecule has 0 saturated heterocycles. The van der Waals surface area contributed by atoms with Crippen LogP contribution in [0.5, 0.6) is 0 Å². The van der Waals surface area contributed by atoms with Crippen molar-refractivity contribution in [1.29, 1.82) is 0 Å². The van der Waals surface area contributed by atoms with Gasteiger partial charge in [0.25, 0.3) is 0 Å². The van der Waals surface area contributed by atoms with Gasteiger partial charge in [-0.05, 0) is 12.1 Å². The van der Waals surface area contributed by atoms with Crippen LogP contribution in [0, 0.1) is 5.82 Å². The van der Waals surface area contributed by atoms with E-state index in [0.29, 0.717) is 16.7 Å². The van der Waals surface area contributed by atoms with Crippen LogP contribution < -0.4 is 0 Å². The van der Waals surface area contributed by atoms with Crippen molar-refractivity contribution in [3.63, 3.8) is 0 Å². The molecule has 0 spiro atoms. The lowest BCUT2D eigenvalue weighted by atomic mass is 10.2. The molecule has 1 heterocycles. The number of alkyl halides is 3. The van der Waals surface area contributed by atoms with Crippen molar-refractivity contribution in [2.45, 2.75) is 18.9 Å². The Morgan fingerprint density at radius 3 is 2.00 bits per heavy atom. The molecule has 1 aromatic carbocycles. The Bertz CT molecular complexity index is 607. The molecule has 118 valence electrons. The fraction of sp³-hybridized carbons (Fsp3) is 0.273. The van der Waals surface area contributed by atoms with E-state index in [0.717, 1.165) is 6.07 Å². The summed E-state index contributed by atoms with van der Waals surface area (Å²) in [5.74, 6) is -0.619. The van der Waals surface area contributed by atoms with E-state index < -0.39 is 29.0 Å². The van der Waals surface area contributed by atoms with Gasteiger partial charge in [-0.15, -0.1) is 13.2 Å². The summed E-state index contributed by atoms with van der Waals surface area (Å²) in [7, 11) is -7.95. The molecule has 0 radical (unpaired) electrons. The summed E-state index contributed by atoms with van der Waals surface area (Å²) in [6, 6.07) is 5.10. The molecule has 0 aliphatic carbocycles. The monoisotopic (exact) mass is 336 g/mol. The number of thiophene rings is 1. The maximum atomic E-state index is 13.0. The van der Waals surface area contributed by atoms with Gasteiger partial charge in [0, 0.05) is 23.9 Å². The van der Waals surface area contributed by atoms with Crippen LogP contribution in [0.25, 0.3) is 10.1 Å². The van der Waals surface area contributed by atoms with Crippen LogP contribution in [0.3, 0.4) is 0 Å². The highest BCUT2D eigenvalue weighted by Crippen LogP contribution is 2.51. The van der Waals surface area contributed by atoms with Crippen molar-refractivity contribution in [3.8, 4) is 0 Å². The summed E-state index contributed by atoms with van der Waals surface area (Å²) in [6.45, 7) is 1.68. The summed E-state index contributed by atoms with van der Waals surface area (Å²) in [6.07, 6.45) is 0.332. The Kier molecular flexibility index (Phi) is 5.24. The Morgan fingerprint density at radius 2 is 1.57 bits per heavy atom. The van der Waals surface area contributed by atoms with E-state index in [-0.39, 0.29) is 4.70 Å². The largest absolute Gasteiger partial charge is 0.673 e. The normalized spacial score (nSPS) is 13.1. The van der Waals surface area contributed by atoms with Gasteiger partial charge < -0.3 is 17.3 Å². The minimum Gasteiger partial charge on any atom is -0.418 e. The molecule has 2 rings (SSSR count). The first-order chi connectivity index (χ1) is 9.43. The van der Waals surface area contributed by atoms with Crippen molar-refractivity contribution >= 4 is 27.8 Å². The fourth-order valence-corrected chi connectivity index (χ4v) is 3.65. The van der Waals surface area contributed by atoms with E-state index in [9.17, 15) is 34.8 Å². The Balaban J connectivity index is 0.000000383. The third-order valence-corrected chi connectivity index (χ3v) is 4.54. The van der Waals surface area contributed by atoms with Crippen LogP contribution in [0.4, 0.5) is 34.8 Å². The number of rotatable bonds is 1. The number of aryl methyl sites for hydroxylation is 1. The molecule has 0 fully saturated rings. The SMILES string of the molecule is CCc1cc2ccc(F)cc2[s+]1C(F)(F)F.F[B-](F)(F)F. The summed E-state index contributed by atoms with van der Waals surface area (Å²) in [5, 5.41) is 0.485. The molecule has 0 bridgehead atoms. The molecule has 0 aliphatic heterocycles. The number of fused-ring (bicyclic) bond motifs is 1. The maximum absolute atomic E-state index is 13.0. The van der Waals surface area contributed by atoms with Crippen molar-refractivity contribution in [2.24, 2.45) is 0 Å². The summed E-state index contributed by atoms with van der Waals surface area (Å²) >= 11 is 0. The van der Waals surface area contributed by atoms with Gasteiger partial charge >= 0.3 is 12.8 Å². The van der Waals surface area contributed by atoms with E-state index in [1.807, 2.05) is 0 Å². The standard InChI is InChI=1S/C11H9F4S.BF4/c1-2-9-5-7-3-4-8(12)6-10(7)16(9)11(13,14)15;2-1(3,4)5/h3-6H,2H2,1H3;/q+1;-1. The van der Waals surface area contributed by atoms with Gasteiger partial charge in [0.05, 0.1) is 10.5 Å². The molecule has 1 unspecified atom stereocenters. The van der Waals surface area contributed by atoms with E-state index in [2.05, 4.69) is 0 Å².